The molecule has 0 spiro atoms. The first kappa shape index (κ1) is 13.4. The molecule has 2 nitrogen and oxygen atoms in total. The molecule has 2 heterocycles. The van der Waals surface area contributed by atoms with Crippen LogP contribution in [0.5, 0.6) is 0 Å². The zero-order chi connectivity index (χ0) is 13.6. The van der Waals surface area contributed by atoms with Crippen LogP contribution in [0.3, 0.4) is 0 Å². The molecule has 0 fully saturated rings. The van der Waals surface area contributed by atoms with Gasteiger partial charge in [0, 0.05) is 9.86 Å². The Morgan fingerprint density at radius 3 is 2.68 bits per heavy atom. The third-order valence-corrected chi connectivity index (χ3v) is 6.14. The Labute approximate surface area is 134 Å². The highest BCUT2D eigenvalue weighted by molar-refractivity contribution is 9.13. The van der Waals surface area contributed by atoms with E-state index in [1.54, 1.807) is 18.2 Å². The van der Waals surface area contributed by atoms with Crippen LogP contribution in [-0.2, 0) is 0 Å². The Morgan fingerprint density at radius 1 is 1.26 bits per heavy atom. The molecule has 0 amide bonds. The van der Waals surface area contributed by atoms with Crippen molar-refractivity contribution in [1.29, 1.82) is 0 Å². The second-order valence-electron chi connectivity index (χ2n) is 3.83. The number of thiophene rings is 1. The SMILES string of the molecule is O=C(c1cc2cccc(Cl)c2o1)c1cc(Br)c(Br)s1. The lowest BCUT2D eigenvalue weighted by Crippen LogP contribution is -1.95. The number of hydrogen-bond donors (Lipinski definition) is 0. The summed E-state index contributed by atoms with van der Waals surface area (Å²) in [5.41, 5.74) is 0.544. The van der Waals surface area contributed by atoms with Crippen LogP contribution in [0.1, 0.15) is 15.4 Å². The van der Waals surface area contributed by atoms with Gasteiger partial charge in [0.1, 0.15) is 0 Å². The van der Waals surface area contributed by atoms with Crippen LogP contribution in [0.25, 0.3) is 11.0 Å². The molecule has 96 valence electrons. The van der Waals surface area contributed by atoms with Gasteiger partial charge in [-0.1, -0.05) is 23.7 Å². The molecule has 2 aromatic heterocycles. The standard InChI is InChI=1S/C13H5Br2ClO2S/c14-7-5-10(19-13(7)15)11(17)9-4-6-2-1-3-8(16)12(6)18-9/h1-5H. The molecule has 0 unspecified atom stereocenters. The van der Waals surface area contributed by atoms with Crippen LogP contribution in [0.4, 0.5) is 0 Å². The second-order valence-corrected chi connectivity index (χ2v) is 7.46. The molecule has 0 aliphatic heterocycles. The molecule has 1 aromatic carbocycles. The smallest absolute Gasteiger partial charge is 0.238 e. The van der Waals surface area contributed by atoms with E-state index in [-0.39, 0.29) is 5.78 Å². The van der Waals surface area contributed by atoms with Gasteiger partial charge in [-0.15, -0.1) is 11.3 Å². The summed E-state index contributed by atoms with van der Waals surface area (Å²) < 4.78 is 7.29. The van der Waals surface area contributed by atoms with Crippen molar-refractivity contribution in [3.05, 3.63) is 54.3 Å². The lowest BCUT2D eigenvalue weighted by Gasteiger charge is -1.92. The molecular formula is C13H5Br2ClO2S. The Bertz CT molecular complexity index is 772. The fourth-order valence-corrected chi connectivity index (χ4v) is 3.92. The van der Waals surface area contributed by atoms with Crippen molar-refractivity contribution in [2.24, 2.45) is 0 Å². The third kappa shape index (κ3) is 2.40. The maximum absolute atomic E-state index is 12.3. The maximum atomic E-state index is 12.3. The molecule has 0 bridgehead atoms. The molecular weight excluding hydrogens is 415 g/mol. The van der Waals surface area contributed by atoms with E-state index in [0.29, 0.717) is 21.2 Å². The number of para-hydroxylation sites is 1. The summed E-state index contributed by atoms with van der Waals surface area (Å²) in [6.45, 7) is 0. The van der Waals surface area contributed by atoms with Gasteiger partial charge >= 0.3 is 0 Å². The van der Waals surface area contributed by atoms with Crippen LogP contribution in [0, 0.1) is 0 Å². The lowest BCUT2D eigenvalue weighted by molar-refractivity contribution is 0.101. The largest absolute Gasteiger partial charge is 0.451 e. The maximum Gasteiger partial charge on any atom is 0.238 e. The highest BCUT2D eigenvalue weighted by Gasteiger charge is 2.18. The van der Waals surface area contributed by atoms with Crippen molar-refractivity contribution >= 4 is 71.6 Å². The van der Waals surface area contributed by atoms with E-state index in [0.717, 1.165) is 13.6 Å². The molecule has 0 N–H and O–H groups in total. The summed E-state index contributed by atoms with van der Waals surface area (Å²) in [4.78, 5) is 12.9. The third-order valence-electron chi connectivity index (χ3n) is 2.59. The molecule has 3 rings (SSSR count). The van der Waals surface area contributed by atoms with Crippen LogP contribution >= 0.6 is 54.8 Å². The van der Waals surface area contributed by atoms with E-state index in [9.17, 15) is 4.79 Å². The molecule has 0 radical (unpaired) electrons. The van der Waals surface area contributed by atoms with E-state index in [1.807, 2.05) is 12.1 Å². The Balaban J connectivity index is 2.09. The average Bonchev–Trinajstić information content (AvgIpc) is 2.94. The highest BCUT2D eigenvalue weighted by Crippen LogP contribution is 2.35. The van der Waals surface area contributed by atoms with Gasteiger partial charge in [0.25, 0.3) is 0 Å². The Hall–Kier alpha value is -0.620. The van der Waals surface area contributed by atoms with Crippen molar-refractivity contribution < 1.29 is 9.21 Å². The first-order chi connectivity index (χ1) is 9.06. The summed E-state index contributed by atoms with van der Waals surface area (Å²) in [5.74, 6) is 0.146. The number of hydrogen-bond acceptors (Lipinski definition) is 3. The fraction of sp³-hybridized carbons (Fsp3) is 0. The monoisotopic (exact) mass is 418 g/mol. The number of ketones is 1. The number of halogens is 3. The molecule has 19 heavy (non-hydrogen) atoms. The average molecular weight is 421 g/mol. The van der Waals surface area contributed by atoms with Crippen molar-refractivity contribution in [3.63, 3.8) is 0 Å². The number of carbonyl (C=O) groups is 1. The Morgan fingerprint density at radius 2 is 2.05 bits per heavy atom. The normalized spacial score (nSPS) is 11.1. The minimum absolute atomic E-state index is 0.149. The summed E-state index contributed by atoms with van der Waals surface area (Å²) in [7, 11) is 0. The molecule has 3 aromatic rings. The van der Waals surface area contributed by atoms with Crippen molar-refractivity contribution in [3.8, 4) is 0 Å². The van der Waals surface area contributed by atoms with Gasteiger partial charge in [0.15, 0.2) is 11.3 Å². The van der Waals surface area contributed by atoms with Crippen LogP contribution in [0.15, 0.2) is 43.0 Å². The number of benzene rings is 1. The van der Waals surface area contributed by atoms with Crippen LogP contribution in [0.2, 0.25) is 5.02 Å². The number of rotatable bonds is 2. The zero-order valence-electron chi connectivity index (χ0n) is 9.25. The quantitative estimate of drug-likeness (QED) is 0.483. The van der Waals surface area contributed by atoms with Gasteiger partial charge < -0.3 is 4.42 Å². The van der Waals surface area contributed by atoms with E-state index < -0.39 is 0 Å². The summed E-state index contributed by atoms with van der Waals surface area (Å²) in [5, 5.41) is 1.33. The van der Waals surface area contributed by atoms with Crippen molar-refractivity contribution in [2.45, 2.75) is 0 Å². The molecule has 0 atom stereocenters. The Kier molecular flexibility index (Phi) is 3.55. The van der Waals surface area contributed by atoms with E-state index in [1.165, 1.54) is 11.3 Å². The van der Waals surface area contributed by atoms with E-state index in [2.05, 4.69) is 31.9 Å². The molecule has 0 aliphatic carbocycles. The van der Waals surface area contributed by atoms with Gasteiger partial charge in [-0.3, -0.25) is 4.79 Å². The lowest BCUT2D eigenvalue weighted by atomic mass is 10.2. The first-order valence-corrected chi connectivity index (χ1v) is 8.02. The second kappa shape index (κ2) is 5.05. The number of fused-ring (bicyclic) bond motifs is 1. The minimum atomic E-state index is -0.149. The summed E-state index contributed by atoms with van der Waals surface area (Å²) >= 11 is 14.1. The summed E-state index contributed by atoms with van der Waals surface area (Å²) in [6.07, 6.45) is 0. The number of furan rings is 1. The molecule has 6 heteroatoms. The topological polar surface area (TPSA) is 30.2 Å². The fourth-order valence-electron chi connectivity index (χ4n) is 1.72. The minimum Gasteiger partial charge on any atom is -0.451 e. The van der Waals surface area contributed by atoms with Crippen LogP contribution in [-0.4, -0.2) is 5.78 Å². The molecule has 0 saturated heterocycles. The predicted molar refractivity (Wildman–Crippen MR) is 84.4 cm³/mol. The van der Waals surface area contributed by atoms with E-state index >= 15 is 0 Å². The first-order valence-electron chi connectivity index (χ1n) is 5.24. The number of carbonyl (C=O) groups excluding carboxylic acids is 1. The van der Waals surface area contributed by atoms with Crippen molar-refractivity contribution in [1.82, 2.24) is 0 Å². The van der Waals surface area contributed by atoms with Gasteiger partial charge in [0.2, 0.25) is 5.78 Å². The molecule has 0 aliphatic rings. The predicted octanol–water partition coefficient (Wildman–Crippen LogP) is 5.90. The van der Waals surface area contributed by atoms with Crippen molar-refractivity contribution in [2.75, 3.05) is 0 Å². The van der Waals surface area contributed by atoms with Gasteiger partial charge in [0.05, 0.1) is 13.7 Å². The van der Waals surface area contributed by atoms with Gasteiger partial charge in [-0.2, -0.15) is 0 Å². The zero-order valence-corrected chi connectivity index (χ0v) is 14.0. The van der Waals surface area contributed by atoms with E-state index in [4.69, 9.17) is 16.0 Å². The highest BCUT2D eigenvalue weighted by atomic mass is 79.9. The molecule has 0 saturated carbocycles. The van der Waals surface area contributed by atoms with Gasteiger partial charge in [-0.25, -0.2) is 0 Å². The summed E-state index contributed by atoms with van der Waals surface area (Å²) in [6, 6.07) is 8.91. The van der Waals surface area contributed by atoms with Gasteiger partial charge in [-0.05, 0) is 50.1 Å². The van der Waals surface area contributed by atoms with Crippen LogP contribution < -0.4 is 0 Å².